The zero-order valence-electron chi connectivity index (χ0n) is 9.34. The molecular formula is C11H16N4O. The van der Waals surface area contributed by atoms with E-state index in [-0.39, 0.29) is 6.04 Å². The van der Waals surface area contributed by atoms with Crippen LogP contribution in [0.25, 0.3) is 0 Å². The lowest BCUT2D eigenvalue weighted by molar-refractivity contribution is 0.300. The van der Waals surface area contributed by atoms with E-state index in [1.807, 2.05) is 29.3 Å². The molecule has 2 N–H and O–H groups in total. The van der Waals surface area contributed by atoms with Crippen molar-refractivity contribution >= 4 is 0 Å². The highest BCUT2D eigenvalue weighted by Crippen LogP contribution is 2.15. The van der Waals surface area contributed by atoms with E-state index >= 15 is 0 Å². The zero-order chi connectivity index (χ0) is 11.4. The molecule has 86 valence electrons. The predicted octanol–water partition coefficient (Wildman–Crippen LogP) is 1.21. The van der Waals surface area contributed by atoms with Crippen molar-refractivity contribution in [3.05, 3.63) is 29.8 Å². The normalized spacial score (nSPS) is 19.1. The third-order valence-corrected chi connectivity index (χ3v) is 2.56. The van der Waals surface area contributed by atoms with Crippen LogP contribution in [0.1, 0.15) is 5.56 Å². The van der Waals surface area contributed by atoms with E-state index in [1.165, 1.54) is 5.56 Å². The molecule has 0 saturated carbocycles. The summed E-state index contributed by atoms with van der Waals surface area (Å²) in [4.78, 5) is 0. The molecule has 0 amide bonds. The van der Waals surface area contributed by atoms with Gasteiger partial charge < -0.3 is 10.5 Å². The van der Waals surface area contributed by atoms with Gasteiger partial charge in [0.2, 0.25) is 0 Å². The summed E-state index contributed by atoms with van der Waals surface area (Å²) in [7, 11) is 1.66. The molecule has 0 bridgehead atoms. The molecule has 1 aliphatic rings. The third-order valence-electron chi connectivity index (χ3n) is 2.56. The first kappa shape index (κ1) is 10.9. The summed E-state index contributed by atoms with van der Waals surface area (Å²) >= 11 is 0. The monoisotopic (exact) mass is 220 g/mol. The van der Waals surface area contributed by atoms with Crippen LogP contribution in [0.3, 0.4) is 0 Å². The van der Waals surface area contributed by atoms with Gasteiger partial charge >= 0.3 is 0 Å². The van der Waals surface area contributed by atoms with Gasteiger partial charge in [0.25, 0.3) is 0 Å². The average molecular weight is 220 g/mol. The van der Waals surface area contributed by atoms with Crippen LogP contribution >= 0.6 is 0 Å². The van der Waals surface area contributed by atoms with E-state index in [4.69, 9.17) is 10.5 Å². The average Bonchev–Trinajstić information content (AvgIpc) is 2.78. The van der Waals surface area contributed by atoms with E-state index in [2.05, 4.69) is 10.3 Å². The van der Waals surface area contributed by atoms with Crippen molar-refractivity contribution in [2.45, 2.75) is 12.6 Å². The summed E-state index contributed by atoms with van der Waals surface area (Å²) in [6.07, 6.45) is 0. The Balaban J connectivity index is 1.92. The first-order chi connectivity index (χ1) is 7.81. The smallest absolute Gasteiger partial charge is 0.118 e. The van der Waals surface area contributed by atoms with E-state index < -0.39 is 0 Å². The number of methoxy groups -OCH3 is 1. The molecule has 1 aliphatic heterocycles. The van der Waals surface area contributed by atoms with Crippen molar-refractivity contribution in [1.82, 2.24) is 5.01 Å². The molecule has 1 heterocycles. The second kappa shape index (κ2) is 4.94. The van der Waals surface area contributed by atoms with Crippen LogP contribution in [-0.4, -0.2) is 31.3 Å². The van der Waals surface area contributed by atoms with Crippen LogP contribution in [0.15, 0.2) is 34.6 Å². The third kappa shape index (κ3) is 2.49. The van der Waals surface area contributed by atoms with Gasteiger partial charge in [-0.3, -0.25) is 5.01 Å². The Labute approximate surface area is 94.9 Å². The number of benzene rings is 1. The van der Waals surface area contributed by atoms with Crippen molar-refractivity contribution in [3.8, 4) is 5.75 Å². The Morgan fingerprint density at radius 3 is 2.75 bits per heavy atom. The Morgan fingerprint density at radius 1 is 1.44 bits per heavy atom. The second-order valence-corrected chi connectivity index (χ2v) is 3.79. The Kier molecular flexibility index (Phi) is 3.36. The molecule has 0 aromatic heterocycles. The predicted molar refractivity (Wildman–Crippen MR) is 61.1 cm³/mol. The molecule has 16 heavy (non-hydrogen) atoms. The maximum atomic E-state index is 5.53. The van der Waals surface area contributed by atoms with E-state index in [0.29, 0.717) is 6.54 Å². The van der Waals surface area contributed by atoms with Crippen LogP contribution in [-0.2, 0) is 6.54 Å². The lowest BCUT2D eigenvalue weighted by Crippen LogP contribution is -2.26. The number of hydrogen-bond acceptors (Lipinski definition) is 5. The number of nitrogens with zero attached hydrogens (tertiary/aromatic N) is 3. The first-order valence-electron chi connectivity index (χ1n) is 5.30. The number of hydrogen-bond donors (Lipinski definition) is 1. The van der Waals surface area contributed by atoms with Crippen molar-refractivity contribution in [1.29, 1.82) is 0 Å². The van der Waals surface area contributed by atoms with Gasteiger partial charge in [-0.05, 0) is 17.7 Å². The van der Waals surface area contributed by atoms with Gasteiger partial charge in [-0.25, -0.2) is 0 Å². The van der Waals surface area contributed by atoms with Gasteiger partial charge in [-0.15, -0.1) is 0 Å². The number of rotatable bonds is 4. The molecule has 2 rings (SSSR count). The summed E-state index contributed by atoms with van der Waals surface area (Å²) in [5.41, 5.74) is 6.72. The van der Waals surface area contributed by atoms with Gasteiger partial charge in [0.05, 0.1) is 20.2 Å². The lowest BCUT2D eigenvalue weighted by atomic mass is 10.2. The topological polar surface area (TPSA) is 63.2 Å². The molecule has 1 atom stereocenters. The number of ether oxygens (including phenoxy) is 1. The molecule has 5 heteroatoms. The molecule has 0 aliphatic carbocycles. The van der Waals surface area contributed by atoms with Crippen molar-refractivity contribution in [2.24, 2.45) is 16.1 Å². The molecule has 1 aromatic rings. The first-order valence-corrected chi connectivity index (χ1v) is 5.30. The Bertz CT molecular complexity index is 363. The fourth-order valence-corrected chi connectivity index (χ4v) is 1.62. The molecule has 0 saturated heterocycles. The van der Waals surface area contributed by atoms with Crippen molar-refractivity contribution < 1.29 is 4.74 Å². The molecule has 0 radical (unpaired) electrons. The molecule has 5 nitrogen and oxygen atoms in total. The quantitative estimate of drug-likeness (QED) is 0.829. The summed E-state index contributed by atoms with van der Waals surface area (Å²) in [5.74, 6) is 0.867. The zero-order valence-corrected chi connectivity index (χ0v) is 9.34. The van der Waals surface area contributed by atoms with Crippen molar-refractivity contribution in [3.63, 3.8) is 0 Å². The maximum Gasteiger partial charge on any atom is 0.118 e. The highest BCUT2D eigenvalue weighted by atomic mass is 16.5. The van der Waals surface area contributed by atoms with Gasteiger partial charge in [0.1, 0.15) is 11.8 Å². The standard InChI is InChI=1S/C11H16N4O/c1-16-11-4-2-9(3-5-11)7-15-8-10(6-12)13-14-15/h2-5,10H,6-8,12H2,1H3. The van der Waals surface area contributed by atoms with Crippen LogP contribution in [0.4, 0.5) is 0 Å². The summed E-state index contributed by atoms with van der Waals surface area (Å²) in [6.45, 7) is 2.13. The lowest BCUT2D eigenvalue weighted by Gasteiger charge is -2.13. The maximum absolute atomic E-state index is 5.53. The van der Waals surface area contributed by atoms with Crippen LogP contribution in [0, 0.1) is 0 Å². The van der Waals surface area contributed by atoms with Gasteiger partial charge in [0.15, 0.2) is 0 Å². The highest BCUT2D eigenvalue weighted by molar-refractivity contribution is 5.27. The van der Waals surface area contributed by atoms with Gasteiger partial charge in [-0.1, -0.05) is 17.4 Å². The molecular weight excluding hydrogens is 204 g/mol. The fraction of sp³-hybridized carbons (Fsp3) is 0.455. The molecule has 1 unspecified atom stereocenters. The molecule has 0 fully saturated rings. The van der Waals surface area contributed by atoms with Gasteiger partial charge in [-0.2, -0.15) is 5.11 Å². The largest absolute Gasteiger partial charge is 0.497 e. The summed E-state index contributed by atoms with van der Waals surface area (Å²) < 4.78 is 5.10. The Hall–Kier alpha value is -1.62. The van der Waals surface area contributed by atoms with Crippen LogP contribution < -0.4 is 10.5 Å². The summed E-state index contributed by atoms with van der Waals surface area (Å²) in [5, 5.41) is 10.1. The minimum atomic E-state index is 0.151. The van der Waals surface area contributed by atoms with Crippen molar-refractivity contribution in [2.75, 3.05) is 20.2 Å². The highest BCUT2D eigenvalue weighted by Gasteiger charge is 2.17. The SMILES string of the molecule is COc1ccc(CN2CC(CN)N=N2)cc1. The Morgan fingerprint density at radius 2 is 2.19 bits per heavy atom. The van der Waals surface area contributed by atoms with E-state index in [9.17, 15) is 0 Å². The number of nitrogens with two attached hydrogens (primary N) is 1. The van der Waals surface area contributed by atoms with E-state index in [0.717, 1.165) is 18.8 Å². The van der Waals surface area contributed by atoms with Gasteiger partial charge in [0, 0.05) is 6.54 Å². The van der Waals surface area contributed by atoms with E-state index in [1.54, 1.807) is 7.11 Å². The molecule has 1 aromatic carbocycles. The van der Waals surface area contributed by atoms with Crippen LogP contribution in [0.2, 0.25) is 0 Å². The minimum absolute atomic E-state index is 0.151. The fourth-order valence-electron chi connectivity index (χ4n) is 1.62. The second-order valence-electron chi connectivity index (χ2n) is 3.79. The molecule has 0 spiro atoms. The minimum Gasteiger partial charge on any atom is -0.497 e. The van der Waals surface area contributed by atoms with Crippen LogP contribution in [0.5, 0.6) is 5.75 Å². The summed E-state index contributed by atoms with van der Waals surface area (Å²) in [6, 6.07) is 8.11.